The molecule has 0 bridgehead atoms. The lowest BCUT2D eigenvalue weighted by Gasteiger charge is -2.29. The molecule has 25 heavy (non-hydrogen) atoms. The maximum atomic E-state index is 11.9. The highest BCUT2D eigenvalue weighted by atomic mass is 16.6. The molecule has 0 spiro atoms. The van der Waals surface area contributed by atoms with E-state index in [1.54, 1.807) is 10.7 Å². The molecule has 8 nitrogen and oxygen atoms in total. The van der Waals surface area contributed by atoms with Crippen molar-refractivity contribution in [1.82, 2.24) is 9.61 Å². The Kier molecular flexibility index (Phi) is 4.06. The fourth-order valence-electron chi connectivity index (χ4n) is 2.59. The van der Waals surface area contributed by atoms with Crippen molar-refractivity contribution < 1.29 is 14.3 Å². The Morgan fingerprint density at radius 2 is 2.16 bits per heavy atom. The number of rotatable bonds is 4. The third kappa shape index (κ3) is 3.11. The zero-order valence-electron chi connectivity index (χ0n) is 14.9. The summed E-state index contributed by atoms with van der Waals surface area (Å²) in [6.07, 6.45) is 2.79. The normalized spacial score (nSPS) is 16.2. The fourth-order valence-corrected chi connectivity index (χ4v) is 2.59. The number of hydrogen-bond acceptors (Lipinski definition) is 5. The third-order valence-corrected chi connectivity index (χ3v) is 4.62. The molecule has 8 heteroatoms. The molecule has 1 atom stereocenters. The van der Waals surface area contributed by atoms with Gasteiger partial charge in [0.15, 0.2) is 0 Å². The lowest BCUT2D eigenvalue weighted by molar-refractivity contribution is 0.100. The van der Waals surface area contributed by atoms with E-state index in [0.717, 1.165) is 0 Å². The zero-order chi connectivity index (χ0) is 18.4. The van der Waals surface area contributed by atoms with E-state index in [9.17, 15) is 9.59 Å². The molecule has 0 saturated carbocycles. The van der Waals surface area contributed by atoms with Crippen LogP contribution in [0.2, 0.25) is 0 Å². The molecule has 0 aromatic carbocycles. The molecular formula is C17H23N5O3. The monoisotopic (exact) mass is 345 g/mol. The number of hydrogen-bond donors (Lipinski definition) is 2. The van der Waals surface area contributed by atoms with Crippen molar-refractivity contribution in [3.63, 3.8) is 0 Å². The number of fused-ring (bicyclic) bond motifs is 1. The molecule has 2 amide bonds. The Labute approximate surface area is 145 Å². The van der Waals surface area contributed by atoms with E-state index < -0.39 is 5.91 Å². The maximum Gasteiger partial charge on any atom is 0.414 e. The van der Waals surface area contributed by atoms with Gasteiger partial charge < -0.3 is 15.8 Å². The molecule has 3 heterocycles. The minimum atomic E-state index is -0.554. The van der Waals surface area contributed by atoms with Crippen LogP contribution in [0.15, 0.2) is 18.5 Å². The predicted molar refractivity (Wildman–Crippen MR) is 94.9 cm³/mol. The van der Waals surface area contributed by atoms with E-state index in [-0.39, 0.29) is 17.6 Å². The molecule has 0 unspecified atom stereocenters. The fraction of sp³-hybridized carbons (Fsp3) is 0.471. The molecule has 1 saturated heterocycles. The largest absolute Gasteiger partial charge is 0.447 e. The van der Waals surface area contributed by atoms with Crippen molar-refractivity contribution in [3.8, 4) is 0 Å². The number of primary amides is 1. The second-order valence-electron chi connectivity index (χ2n) is 7.32. The van der Waals surface area contributed by atoms with Crippen molar-refractivity contribution in [2.75, 3.05) is 23.4 Å². The Balaban J connectivity index is 2.10. The second-order valence-corrected chi connectivity index (χ2v) is 7.32. The van der Waals surface area contributed by atoms with Crippen molar-refractivity contribution >= 4 is 28.9 Å². The minimum absolute atomic E-state index is 0.0244. The van der Waals surface area contributed by atoms with Crippen LogP contribution in [-0.2, 0) is 4.74 Å². The number of anilines is 2. The summed E-state index contributed by atoms with van der Waals surface area (Å²) in [6, 6.07) is 1.89. The topological polar surface area (TPSA) is 102 Å². The highest BCUT2D eigenvalue weighted by Crippen LogP contribution is 2.31. The SMILES string of the molecule is C[C@@H](Nc1c(C(N)=O)cnn2cc(N3CCOC3=O)cc12)C(C)(C)C. The lowest BCUT2D eigenvalue weighted by atomic mass is 9.88. The van der Waals surface area contributed by atoms with Crippen LogP contribution < -0.4 is 16.0 Å². The molecule has 3 rings (SSSR count). The Bertz CT molecular complexity index is 837. The number of nitrogens with one attached hydrogen (secondary N) is 1. The van der Waals surface area contributed by atoms with Gasteiger partial charge in [-0.15, -0.1) is 0 Å². The van der Waals surface area contributed by atoms with E-state index >= 15 is 0 Å². The van der Waals surface area contributed by atoms with Crippen LogP contribution in [0.1, 0.15) is 38.1 Å². The average molecular weight is 345 g/mol. The molecule has 134 valence electrons. The molecule has 0 radical (unpaired) electrons. The number of carbonyl (C=O) groups excluding carboxylic acids is 2. The Hall–Kier alpha value is -2.77. The first kappa shape index (κ1) is 17.1. The summed E-state index contributed by atoms with van der Waals surface area (Å²) in [7, 11) is 0. The van der Waals surface area contributed by atoms with Gasteiger partial charge in [-0.25, -0.2) is 9.31 Å². The highest BCUT2D eigenvalue weighted by molar-refractivity contribution is 6.02. The smallest absolute Gasteiger partial charge is 0.414 e. The number of nitrogens with zero attached hydrogens (tertiary/aromatic N) is 3. The molecule has 1 aliphatic heterocycles. The number of ether oxygens (including phenoxy) is 1. The Morgan fingerprint density at radius 3 is 2.72 bits per heavy atom. The van der Waals surface area contributed by atoms with Gasteiger partial charge in [0.1, 0.15) is 6.61 Å². The van der Waals surface area contributed by atoms with Crippen LogP contribution in [0.3, 0.4) is 0 Å². The standard InChI is InChI=1S/C17H23N5O3/c1-10(17(2,3)4)20-14-12(15(18)23)8-19-22-9-11(7-13(14)22)21-5-6-25-16(21)24/h7-10,20H,5-6H2,1-4H3,(H2,18,23)/t10-/m1/s1. The highest BCUT2D eigenvalue weighted by Gasteiger charge is 2.27. The van der Waals surface area contributed by atoms with Gasteiger partial charge in [-0.2, -0.15) is 5.10 Å². The first-order valence-corrected chi connectivity index (χ1v) is 8.20. The van der Waals surface area contributed by atoms with Crippen molar-refractivity contribution in [2.45, 2.75) is 33.7 Å². The van der Waals surface area contributed by atoms with Crippen molar-refractivity contribution in [1.29, 1.82) is 0 Å². The summed E-state index contributed by atoms with van der Waals surface area (Å²) in [5, 5.41) is 7.64. The lowest BCUT2D eigenvalue weighted by Crippen LogP contribution is -2.32. The van der Waals surface area contributed by atoms with Gasteiger partial charge in [0.2, 0.25) is 0 Å². The summed E-state index contributed by atoms with van der Waals surface area (Å²) in [4.78, 5) is 25.2. The summed E-state index contributed by atoms with van der Waals surface area (Å²) in [6.45, 7) is 9.21. The van der Waals surface area contributed by atoms with Crippen LogP contribution in [0, 0.1) is 5.41 Å². The average Bonchev–Trinajstić information content (AvgIpc) is 3.11. The van der Waals surface area contributed by atoms with Gasteiger partial charge in [-0.3, -0.25) is 9.69 Å². The zero-order valence-corrected chi connectivity index (χ0v) is 14.9. The van der Waals surface area contributed by atoms with Gasteiger partial charge in [0, 0.05) is 6.04 Å². The first-order valence-electron chi connectivity index (χ1n) is 8.20. The number of amides is 2. The molecule has 1 aliphatic rings. The van der Waals surface area contributed by atoms with Gasteiger partial charge >= 0.3 is 6.09 Å². The van der Waals surface area contributed by atoms with Gasteiger partial charge in [-0.1, -0.05) is 20.8 Å². The molecule has 1 fully saturated rings. The van der Waals surface area contributed by atoms with Crippen LogP contribution in [0.25, 0.3) is 5.52 Å². The maximum absolute atomic E-state index is 11.9. The number of nitrogens with two attached hydrogens (primary N) is 1. The molecule has 2 aromatic heterocycles. The van der Waals surface area contributed by atoms with Crippen LogP contribution >= 0.6 is 0 Å². The Morgan fingerprint density at radius 1 is 1.44 bits per heavy atom. The van der Waals surface area contributed by atoms with Crippen molar-refractivity contribution in [3.05, 3.63) is 24.0 Å². The van der Waals surface area contributed by atoms with Gasteiger partial charge in [-0.05, 0) is 18.4 Å². The quantitative estimate of drug-likeness (QED) is 0.885. The van der Waals surface area contributed by atoms with Crippen LogP contribution in [-0.4, -0.2) is 40.8 Å². The predicted octanol–water partition coefficient (Wildman–Crippen LogP) is 2.24. The summed E-state index contributed by atoms with van der Waals surface area (Å²) < 4.78 is 6.61. The van der Waals surface area contributed by atoms with E-state index in [4.69, 9.17) is 10.5 Å². The summed E-state index contributed by atoms with van der Waals surface area (Å²) in [5.74, 6) is -0.554. The van der Waals surface area contributed by atoms with Crippen LogP contribution in [0.5, 0.6) is 0 Å². The minimum Gasteiger partial charge on any atom is -0.447 e. The van der Waals surface area contributed by atoms with Crippen LogP contribution in [0.4, 0.5) is 16.2 Å². The number of aromatic nitrogens is 2. The van der Waals surface area contributed by atoms with Crippen molar-refractivity contribution in [2.24, 2.45) is 11.1 Å². The van der Waals surface area contributed by atoms with Gasteiger partial charge in [0.25, 0.3) is 5.91 Å². The van der Waals surface area contributed by atoms with E-state index in [0.29, 0.717) is 35.6 Å². The van der Waals surface area contributed by atoms with Gasteiger partial charge in [0.05, 0.1) is 41.4 Å². The first-order chi connectivity index (χ1) is 11.7. The molecule has 3 N–H and O–H groups in total. The van der Waals surface area contributed by atoms with E-state index in [2.05, 4.69) is 31.2 Å². The molecular weight excluding hydrogens is 322 g/mol. The second kappa shape index (κ2) is 5.94. The summed E-state index contributed by atoms with van der Waals surface area (Å²) in [5.41, 5.74) is 7.79. The summed E-state index contributed by atoms with van der Waals surface area (Å²) >= 11 is 0. The van der Waals surface area contributed by atoms with E-state index in [1.807, 2.05) is 13.0 Å². The third-order valence-electron chi connectivity index (χ3n) is 4.62. The number of cyclic esters (lactones) is 1. The molecule has 0 aliphatic carbocycles. The molecule has 2 aromatic rings. The van der Waals surface area contributed by atoms with E-state index in [1.165, 1.54) is 11.1 Å². The number of carbonyl (C=O) groups is 2.